The van der Waals surface area contributed by atoms with Crippen LogP contribution in [0.3, 0.4) is 0 Å². The molecule has 1 amide bonds. The first kappa shape index (κ1) is 20.3. The van der Waals surface area contributed by atoms with Gasteiger partial charge < -0.3 is 9.15 Å². The van der Waals surface area contributed by atoms with Gasteiger partial charge in [-0.1, -0.05) is 54.2 Å². The molecule has 7 heteroatoms. The summed E-state index contributed by atoms with van der Waals surface area (Å²) in [6, 6.07) is 23.6. The monoisotopic (exact) mass is 443 g/mol. The van der Waals surface area contributed by atoms with Crippen LogP contribution in [0.4, 0.5) is 11.4 Å². The zero-order valence-electron chi connectivity index (χ0n) is 17.5. The van der Waals surface area contributed by atoms with Crippen LogP contribution in [0.2, 0.25) is 0 Å². The number of benzene rings is 3. The normalized spacial score (nSPS) is 12.6. The summed E-state index contributed by atoms with van der Waals surface area (Å²) in [7, 11) is 1.61. The molecule has 32 heavy (non-hydrogen) atoms. The Morgan fingerprint density at radius 2 is 1.66 bits per heavy atom. The molecule has 0 radical (unpaired) electrons. The van der Waals surface area contributed by atoms with Crippen molar-refractivity contribution in [2.75, 3.05) is 17.8 Å². The number of thioether (sulfide) groups is 1. The van der Waals surface area contributed by atoms with Crippen LogP contribution in [-0.4, -0.2) is 29.0 Å². The fourth-order valence-electron chi connectivity index (χ4n) is 3.88. The molecule has 0 saturated carbocycles. The SMILES string of the molecule is COc1cccc(-c2nnc(SCC(=O)N3c4ccccc4CCc4ccccc43)o2)c1. The van der Waals surface area contributed by atoms with E-state index in [1.54, 1.807) is 7.11 Å². The molecule has 1 aliphatic rings. The van der Waals surface area contributed by atoms with Crippen LogP contribution < -0.4 is 9.64 Å². The number of carbonyl (C=O) groups excluding carboxylic acids is 1. The van der Waals surface area contributed by atoms with Crippen molar-refractivity contribution in [3.8, 4) is 17.2 Å². The van der Waals surface area contributed by atoms with Crippen molar-refractivity contribution >= 4 is 29.0 Å². The van der Waals surface area contributed by atoms with Crippen molar-refractivity contribution in [2.45, 2.75) is 18.1 Å². The Kier molecular flexibility index (Phi) is 5.64. The van der Waals surface area contributed by atoms with E-state index in [9.17, 15) is 4.79 Å². The number of aryl methyl sites for hydroxylation is 2. The van der Waals surface area contributed by atoms with Gasteiger partial charge in [0.2, 0.25) is 11.8 Å². The lowest BCUT2D eigenvalue weighted by Gasteiger charge is -2.24. The predicted molar refractivity (Wildman–Crippen MR) is 124 cm³/mol. The number of rotatable bonds is 5. The Labute approximate surface area is 190 Å². The molecule has 0 unspecified atom stereocenters. The number of para-hydroxylation sites is 2. The van der Waals surface area contributed by atoms with Gasteiger partial charge in [-0.05, 0) is 54.3 Å². The van der Waals surface area contributed by atoms with Crippen LogP contribution in [0.1, 0.15) is 11.1 Å². The number of aromatic nitrogens is 2. The molecule has 0 bridgehead atoms. The lowest BCUT2D eigenvalue weighted by molar-refractivity contribution is -0.115. The van der Waals surface area contributed by atoms with E-state index in [2.05, 4.69) is 22.3 Å². The summed E-state index contributed by atoms with van der Waals surface area (Å²) in [6.45, 7) is 0. The number of hydrogen-bond donors (Lipinski definition) is 0. The summed E-state index contributed by atoms with van der Waals surface area (Å²) in [5.74, 6) is 1.26. The van der Waals surface area contributed by atoms with Crippen LogP contribution in [0.5, 0.6) is 5.75 Å². The molecular weight excluding hydrogens is 422 g/mol. The van der Waals surface area contributed by atoms with Crippen LogP contribution in [0, 0.1) is 0 Å². The fourth-order valence-corrected chi connectivity index (χ4v) is 4.49. The maximum atomic E-state index is 13.4. The molecule has 0 aliphatic carbocycles. The maximum Gasteiger partial charge on any atom is 0.277 e. The molecular formula is C25H21N3O3S. The lowest BCUT2D eigenvalue weighted by atomic mass is 10.0. The molecule has 0 fully saturated rings. The highest BCUT2D eigenvalue weighted by Crippen LogP contribution is 2.37. The minimum atomic E-state index is -0.0297. The largest absolute Gasteiger partial charge is 0.497 e. The molecule has 160 valence electrons. The summed E-state index contributed by atoms with van der Waals surface area (Å²) in [5, 5.41) is 8.58. The third kappa shape index (κ3) is 3.99. The molecule has 1 aromatic heterocycles. The molecule has 3 aromatic carbocycles. The summed E-state index contributed by atoms with van der Waals surface area (Å²) in [4.78, 5) is 15.2. The van der Waals surface area contributed by atoms with Crippen molar-refractivity contribution < 1.29 is 13.9 Å². The first-order valence-electron chi connectivity index (χ1n) is 10.3. The van der Waals surface area contributed by atoms with Gasteiger partial charge in [-0.3, -0.25) is 9.69 Å². The number of anilines is 2. The summed E-state index contributed by atoms with van der Waals surface area (Å²) >= 11 is 1.24. The maximum absolute atomic E-state index is 13.4. The van der Waals surface area contributed by atoms with Gasteiger partial charge in [-0.25, -0.2) is 0 Å². The Morgan fingerprint density at radius 3 is 2.34 bits per heavy atom. The van der Waals surface area contributed by atoms with E-state index in [1.165, 1.54) is 22.9 Å². The van der Waals surface area contributed by atoms with Crippen molar-refractivity contribution in [1.82, 2.24) is 10.2 Å². The topological polar surface area (TPSA) is 68.5 Å². The van der Waals surface area contributed by atoms with Crippen molar-refractivity contribution in [3.63, 3.8) is 0 Å². The number of methoxy groups -OCH3 is 1. The van der Waals surface area contributed by atoms with Gasteiger partial charge in [-0.15, -0.1) is 10.2 Å². The second-order valence-electron chi connectivity index (χ2n) is 7.38. The van der Waals surface area contributed by atoms with Gasteiger partial charge in [0.05, 0.1) is 24.2 Å². The third-order valence-electron chi connectivity index (χ3n) is 5.42. The second-order valence-corrected chi connectivity index (χ2v) is 8.31. The quantitative estimate of drug-likeness (QED) is 0.390. The van der Waals surface area contributed by atoms with Gasteiger partial charge in [0.25, 0.3) is 5.22 Å². The van der Waals surface area contributed by atoms with Crippen LogP contribution >= 0.6 is 11.8 Å². The average molecular weight is 444 g/mol. The molecule has 2 heterocycles. The standard InChI is InChI=1S/C25H21N3O3S/c1-30-20-10-6-9-19(15-20)24-26-27-25(31-24)32-16-23(29)28-21-11-4-2-7-17(21)13-14-18-8-3-5-12-22(18)28/h2-12,15H,13-14,16H2,1H3. The van der Waals surface area contributed by atoms with Crippen molar-refractivity contribution in [1.29, 1.82) is 0 Å². The highest BCUT2D eigenvalue weighted by molar-refractivity contribution is 7.99. The zero-order valence-corrected chi connectivity index (χ0v) is 18.3. The molecule has 0 spiro atoms. The Hall–Kier alpha value is -3.58. The summed E-state index contributed by atoms with van der Waals surface area (Å²) in [5.41, 5.74) is 4.97. The summed E-state index contributed by atoms with van der Waals surface area (Å²) < 4.78 is 11.0. The first-order valence-corrected chi connectivity index (χ1v) is 11.3. The first-order chi connectivity index (χ1) is 15.7. The molecule has 6 nitrogen and oxygen atoms in total. The third-order valence-corrected chi connectivity index (χ3v) is 6.22. The molecule has 0 atom stereocenters. The Morgan fingerprint density at radius 1 is 0.969 bits per heavy atom. The van der Waals surface area contributed by atoms with Gasteiger partial charge in [0, 0.05) is 5.56 Å². The number of amides is 1. The second kappa shape index (κ2) is 8.88. The lowest BCUT2D eigenvalue weighted by Crippen LogP contribution is -2.28. The molecule has 0 saturated heterocycles. The van der Waals surface area contributed by atoms with E-state index in [0.29, 0.717) is 16.9 Å². The number of nitrogens with zero attached hydrogens (tertiary/aromatic N) is 3. The van der Waals surface area contributed by atoms with E-state index in [0.717, 1.165) is 29.8 Å². The van der Waals surface area contributed by atoms with Crippen LogP contribution in [0.25, 0.3) is 11.5 Å². The highest BCUT2D eigenvalue weighted by atomic mass is 32.2. The van der Waals surface area contributed by atoms with Gasteiger partial charge >= 0.3 is 0 Å². The number of hydrogen-bond acceptors (Lipinski definition) is 6. The Balaban J connectivity index is 1.38. The minimum absolute atomic E-state index is 0.0297. The Bertz CT molecular complexity index is 1220. The van der Waals surface area contributed by atoms with Gasteiger partial charge in [0.1, 0.15) is 5.75 Å². The van der Waals surface area contributed by atoms with Crippen LogP contribution in [0.15, 0.2) is 82.4 Å². The molecule has 1 aliphatic heterocycles. The van der Waals surface area contributed by atoms with Crippen molar-refractivity contribution in [3.05, 3.63) is 83.9 Å². The van der Waals surface area contributed by atoms with E-state index < -0.39 is 0 Å². The smallest absolute Gasteiger partial charge is 0.277 e. The van der Waals surface area contributed by atoms with E-state index >= 15 is 0 Å². The van der Waals surface area contributed by atoms with Crippen LogP contribution in [-0.2, 0) is 17.6 Å². The van der Waals surface area contributed by atoms with E-state index in [1.807, 2.05) is 65.6 Å². The number of carbonyl (C=O) groups is 1. The number of ether oxygens (including phenoxy) is 1. The molecule has 5 rings (SSSR count). The van der Waals surface area contributed by atoms with Crippen molar-refractivity contribution in [2.24, 2.45) is 0 Å². The summed E-state index contributed by atoms with van der Waals surface area (Å²) in [6.07, 6.45) is 1.80. The van der Waals surface area contributed by atoms with E-state index in [4.69, 9.17) is 9.15 Å². The van der Waals surface area contributed by atoms with Gasteiger partial charge in [-0.2, -0.15) is 0 Å². The molecule has 4 aromatic rings. The number of fused-ring (bicyclic) bond motifs is 2. The predicted octanol–water partition coefficient (Wildman–Crippen LogP) is 5.30. The molecule has 0 N–H and O–H groups in total. The fraction of sp³-hybridized carbons (Fsp3) is 0.160. The minimum Gasteiger partial charge on any atom is -0.497 e. The highest BCUT2D eigenvalue weighted by Gasteiger charge is 2.26. The average Bonchev–Trinajstić information content (AvgIpc) is 3.25. The van der Waals surface area contributed by atoms with Gasteiger partial charge in [0.15, 0.2) is 0 Å². The zero-order chi connectivity index (χ0) is 21.9. The van der Waals surface area contributed by atoms with E-state index in [-0.39, 0.29) is 11.7 Å².